The molecule has 1 aromatic heterocycles. The molecule has 12 N–H and O–H groups in total. The van der Waals surface area contributed by atoms with Crippen molar-refractivity contribution in [1.29, 1.82) is 0 Å². The van der Waals surface area contributed by atoms with Crippen LogP contribution in [-0.2, 0) is 23.7 Å². The van der Waals surface area contributed by atoms with Gasteiger partial charge in [0.15, 0.2) is 35.9 Å². The van der Waals surface area contributed by atoms with Gasteiger partial charge in [0.25, 0.3) is 0 Å². The van der Waals surface area contributed by atoms with E-state index in [1.165, 1.54) is 13.0 Å². The minimum Gasteiger partial charge on any atom is -0.508 e. The first kappa shape index (κ1) is 37.9. The van der Waals surface area contributed by atoms with E-state index in [9.17, 15) is 66.1 Å². The summed E-state index contributed by atoms with van der Waals surface area (Å²) in [5.74, 6) is -3.67. The van der Waals surface area contributed by atoms with Gasteiger partial charge >= 0.3 is 0 Å². The van der Waals surface area contributed by atoms with Crippen molar-refractivity contribution in [2.75, 3.05) is 13.2 Å². The van der Waals surface area contributed by atoms with Crippen LogP contribution in [0, 0.1) is 0 Å². The van der Waals surface area contributed by atoms with Crippen molar-refractivity contribution >= 4 is 11.0 Å². The molecule has 0 saturated carbocycles. The zero-order chi connectivity index (χ0) is 37.8. The second-order valence-corrected chi connectivity index (χ2v) is 12.6. The van der Waals surface area contributed by atoms with Gasteiger partial charge < -0.3 is 94.1 Å². The number of fused-ring (bicyclic) bond motifs is 1. The normalized spacial score (nSPS) is 36.9. The van der Waals surface area contributed by atoms with Crippen LogP contribution in [0.5, 0.6) is 28.7 Å². The van der Waals surface area contributed by atoms with Gasteiger partial charge in [0.1, 0.15) is 77.4 Å². The van der Waals surface area contributed by atoms with Crippen molar-refractivity contribution in [3.63, 3.8) is 0 Å². The number of ether oxygens (including phenoxy) is 6. The average molecular weight is 743 g/mol. The summed E-state index contributed by atoms with van der Waals surface area (Å²) >= 11 is 0. The van der Waals surface area contributed by atoms with E-state index in [0.717, 1.165) is 24.3 Å². The lowest BCUT2D eigenvalue weighted by molar-refractivity contribution is -0.352. The maximum atomic E-state index is 14.0. The molecule has 20 nitrogen and oxygen atoms in total. The maximum Gasteiger partial charge on any atom is 0.239 e. The Labute approximate surface area is 292 Å². The molecule has 0 amide bonds. The number of phenols is 4. The van der Waals surface area contributed by atoms with Crippen LogP contribution in [-0.4, -0.2) is 161 Å². The molecule has 52 heavy (non-hydrogen) atoms. The molecular formula is C32H38O20. The van der Waals surface area contributed by atoms with Crippen molar-refractivity contribution in [2.24, 2.45) is 0 Å². The minimum atomic E-state index is -2.03. The fourth-order valence-corrected chi connectivity index (χ4v) is 6.02. The molecule has 286 valence electrons. The van der Waals surface area contributed by atoms with Gasteiger partial charge in [-0.3, -0.25) is 4.79 Å². The van der Waals surface area contributed by atoms with E-state index >= 15 is 0 Å². The lowest BCUT2D eigenvalue weighted by atomic mass is 9.98. The number of rotatable bonds is 8. The molecular weight excluding hydrogens is 704 g/mol. The van der Waals surface area contributed by atoms with Crippen LogP contribution < -0.4 is 10.2 Å². The molecule has 3 aromatic rings. The fourth-order valence-electron chi connectivity index (χ4n) is 6.02. The number of aliphatic hydroxyl groups is 8. The van der Waals surface area contributed by atoms with Crippen LogP contribution in [0.15, 0.2) is 39.5 Å². The Morgan fingerprint density at radius 2 is 1.44 bits per heavy atom. The highest BCUT2D eigenvalue weighted by Crippen LogP contribution is 2.40. The Hall–Kier alpha value is -3.87. The van der Waals surface area contributed by atoms with Crippen LogP contribution >= 0.6 is 0 Å². The van der Waals surface area contributed by atoms with Crippen molar-refractivity contribution < 1.29 is 94.1 Å². The lowest BCUT2D eigenvalue weighted by Crippen LogP contribution is -2.64. The summed E-state index contributed by atoms with van der Waals surface area (Å²) in [7, 11) is 0. The van der Waals surface area contributed by atoms with Crippen molar-refractivity contribution in [1.82, 2.24) is 0 Å². The molecule has 3 saturated heterocycles. The van der Waals surface area contributed by atoms with Crippen LogP contribution in [0.3, 0.4) is 0 Å². The second kappa shape index (κ2) is 14.9. The summed E-state index contributed by atoms with van der Waals surface area (Å²) in [6.07, 6.45) is -23.9. The van der Waals surface area contributed by atoms with E-state index in [2.05, 4.69) is 0 Å². The lowest BCUT2D eigenvalue weighted by Gasteiger charge is -2.45. The Morgan fingerprint density at radius 1 is 0.731 bits per heavy atom. The van der Waals surface area contributed by atoms with E-state index in [-0.39, 0.29) is 11.1 Å². The molecule has 0 radical (unpaired) electrons. The predicted octanol–water partition coefficient (Wildman–Crippen LogP) is -3.22. The van der Waals surface area contributed by atoms with E-state index in [4.69, 9.17) is 32.8 Å². The molecule has 3 fully saturated rings. The Kier molecular flexibility index (Phi) is 10.8. The first-order valence-corrected chi connectivity index (χ1v) is 15.9. The number of aromatic hydroxyl groups is 4. The number of phenolic OH excluding ortho intramolecular Hbond substituents is 4. The molecule has 0 spiro atoms. The minimum absolute atomic E-state index is 0.0951. The first-order chi connectivity index (χ1) is 24.6. The summed E-state index contributed by atoms with van der Waals surface area (Å²) in [4.78, 5) is 14.0. The van der Waals surface area contributed by atoms with Gasteiger partial charge in [-0.2, -0.15) is 0 Å². The molecule has 0 unspecified atom stereocenters. The van der Waals surface area contributed by atoms with Gasteiger partial charge in [0.2, 0.25) is 17.5 Å². The molecule has 0 bridgehead atoms. The average Bonchev–Trinajstić information content (AvgIpc) is 3.10. The smallest absolute Gasteiger partial charge is 0.239 e. The molecule has 14 atom stereocenters. The van der Waals surface area contributed by atoms with E-state index < -0.39 is 145 Å². The zero-order valence-corrected chi connectivity index (χ0v) is 27.0. The summed E-state index contributed by atoms with van der Waals surface area (Å²) in [5.41, 5.74) is -1.54. The van der Waals surface area contributed by atoms with Gasteiger partial charge in [-0.1, -0.05) is 0 Å². The van der Waals surface area contributed by atoms with Crippen molar-refractivity contribution in [2.45, 2.75) is 92.9 Å². The standard InChI is InChI=1S/C32H38O20/c1-9-19(38)23(42)26(45)30(48-9)47-8-17-21(40)24(43)29(52-31-25(44)20(39)15(37)7-46-31)32(50-17)51-28-22(41)18-14(36)5-11(33)6-16(18)49-27(28)10-2-3-12(34)13(35)4-10/h2-6,9,15,17,19-21,23-26,29-40,42-45H,7-8H2,1H3/t9-,15-,17+,19-,20+,21+,23+,24-,25-,26+,29+,30+,31+,32-/m1/s1. The fraction of sp³-hybridized carbons (Fsp3) is 0.531. The third kappa shape index (κ3) is 7.09. The van der Waals surface area contributed by atoms with Gasteiger partial charge in [-0.05, 0) is 25.1 Å². The molecule has 3 aliphatic rings. The van der Waals surface area contributed by atoms with Gasteiger partial charge in [0.05, 0.1) is 19.3 Å². The van der Waals surface area contributed by atoms with Crippen molar-refractivity contribution in [3.05, 3.63) is 40.6 Å². The molecule has 6 rings (SSSR count). The van der Waals surface area contributed by atoms with Gasteiger partial charge in [-0.15, -0.1) is 0 Å². The van der Waals surface area contributed by atoms with Gasteiger partial charge in [-0.25, -0.2) is 0 Å². The summed E-state index contributed by atoms with van der Waals surface area (Å²) in [6, 6.07) is 5.09. The Balaban J connectivity index is 1.39. The summed E-state index contributed by atoms with van der Waals surface area (Å²) in [5, 5.41) is 124. The Morgan fingerprint density at radius 3 is 2.15 bits per heavy atom. The van der Waals surface area contributed by atoms with E-state index in [0.29, 0.717) is 0 Å². The molecule has 4 heterocycles. The number of benzene rings is 2. The van der Waals surface area contributed by atoms with E-state index in [1.807, 2.05) is 0 Å². The van der Waals surface area contributed by atoms with E-state index in [1.54, 1.807) is 0 Å². The van der Waals surface area contributed by atoms with Crippen LogP contribution in [0.25, 0.3) is 22.3 Å². The molecule has 20 heteroatoms. The highest BCUT2D eigenvalue weighted by Gasteiger charge is 2.51. The SMILES string of the molecule is C[C@H]1O[C@H](OC[C@@H]2O[C@H](Oc3c(-c4ccc(O)c(O)c4)oc4cc(O)cc(O)c4c3=O)[C@@H](O[C@@H]3OC[C@@H](O)[C@H](O)[C@H]3O)[C@H](O)[C@H]2O)[C@@H](O)[C@@H](O)[C@@H]1O. The van der Waals surface area contributed by atoms with Gasteiger partial charge in [0, 0.05) is 17.7 Å². The zero-order valence-electron chi connectivity index (χ0n) is 27.0. The highest BCUT2D eigenvalue weighted by molar-refractivity contribution is 5.88. The summed E-state index contributed by atoms with van der Waals surface area (Å²) in [6.45, 7) is 0.171. The molecule has 2 aromatic carbocycles. The van der Waals surface area contributed by atoms with Crippen LogP contribution in [0.4, 0.5) is 0 Å². The maximum absolute atomic E-state index is 14.0. The highest BCUT2D eigenvalue weighted by atomic mass is 16.8. The third-order valence-electron chi connectivity index (χ3n) is 9.01. The first-order valence-electron chi connectivity index (χ1n) is 15.9. The predicted molar refractivity (Wildman–Crippen MR) is 167 cm³/mol. The van der Waals surface area contributed by atoms with Crippen LogP contribution in [0.1, 0.15) is 6.92 Å². The molecule has 3 aliphatic heterocycles. The third-order valence-corrected chi connectivity index (χ3v) is 9.01. The number of hydrogen-bond donors (Lipinski definition) is 12. The quantitative estimate of drug-likeness (QED) is 0.101. The second-order valence-electron chi connectivity index (χ2n) is 12.6. The summed E-state index contributed by atoms with van der Waals surface area (Å²) < 4.78 is 39.7. The number of aliphatic hydroxyl groups excluding tert-OH is 8. The topological polar surface area (TPSA) is 328 Å². The Bertz CT molecular complexity index is 1800. The monoisotopic (exact) mass is 742 g/mol. The largest absolute Gasteiger partial charge is 0.508 e. The molecule has 0 aliphatic carbocycles. The number of hydrogen-bond acceptors (Lipinski definition) is 20. The van der Waals surface area contributed by atoms with Crippen molar-refractivity contribution in [3.8, 4) is 40.1 Å². The van der Waals surface area contributed by atoms with Crippen LogP contribution in [0.2, 0.25) is 0 Å².